The van der Waals surface area contributed by atoms with E-state index in [1.807, 2.05) is 6.08 Å². The summed E-state index contributed by atoms with van der Waals surface area (Å²) in [5, 5.41) is 9.54. The fourth-order valence-corrected chi connectivity index (χ4v) is 1.30. The van der Waals surface area contributed by atoms with Crippen molar-refractivity contribution >= 4 is 0 Å². The first-order valence-corrected chi connectivity index (χ1v) is 4.04. The van der Waals surface area contributed by atoms with Crippen molar-refractivity contribution in [3.63, 3.8) is 0 Å². The van der Waals surface area contributed by atoms with Gasteiger partial charge in [-0.25, -0.2) is 0 Å². The van der Waals surface area contributed by atoms with Gasteiger partial charge in [-0.2, -0.15) is 0 Å². The summed E-state index contributed by atoms with van der Waals surface area (Å²) in [7, 11) is 0. The van der Waals surface area contributed by atoms with E-state index in [0.717, 1.165) is 6.42 Å². The van der Waals surface area contributed by atoms with Crippen LogP contribution in [0.25, 0.3) is 0 Å². The van der Waals surface area contributed by atoms with E-state index < -0.39 is 0 Å². The van der Waals surface area contributed by atoms with Crippen LogP contribution in [0.3, 0.4) is 0 Å². The quantitative estimate of drug-likeness (QED) is 0.592. The van der Waals surface area contributed by atoms with Crippen LogP contribution in [0.5, 0.6) is 0 Å². The normalized spacial score (nSPS) is 23.8. The molecule has 0 spiro atoms. The zero-order valence-corrected chi connectivity index (χ0v) is 6.59. The Labute approximate surface area is 62.8 Å². The molecular weight excluding hydrogens is 124 g/mol. The molecule has 1 N–H and O–H groups in total. The Balaban J connectivity index is 2.23. The Morgan fingerprint density at radius 1 is 1.70 bits per heavy atom. The molecule has 0 aromatic heterocycles. The summed E-state index contributed by atoms with van der Waals surface area (Å²) in [6.07, 6.45) is 5.21. The van der Waals surface area contributed by atoms with Crippen molar-refractivity contribution < 1.29 is 5.11 Å². The van der Waals surface area contributed by atoms with Crippen molar-refractivity contribution in [1.29, 1.82) is 0 Å². The van der Waals surface area contributed by atoms with E-state index in [-0.39, 0.29) is 6.10 Å². The van der Waals surface area contributed by atoms with Crippen LogP contribution in [-0.2, 0) is 0 Å². The molecule has 10 heavy (non-hydrogen) atoms. The van der Waals surface area contributed by atoms with Gasteiger partial charge in [0.1, 0.15) is 0 Å². The molecule has 0 bridgehead atoms. The van der Waals surface area contributed by atoms with Gasteiger partial charge < -0.3 is 5.11 Å². The van der Waals surface area contributed by atoms with Crippen LogP contribution in [0.2, 0.25) is 0 Å². The summed E-state index contributed by atoms with van der Waals surface area (Å²) >= 11 is 0. The Kier molecular flexibility index (Phi) is 2.50. The molecule has 0 unspecified atom stereocenters. The number of aliphatic hydroxyl groups excluding tert-OH is 1. The fourth-order valence-electron chi connectivity index (χ4n) is 1.30. The van der Waals surface area contributed by atoms with Crippen LogP contribution in [0, 0.1) is 11.8 Å². The van der Waals surface area contributed by atoms with Gasteiger partial charge in [-0.15, -0.1) is 6.58 Å². The number of rotatable bonds is 4. The van der Waals surface area contributed by atoms with Crippen LogP contribution < -0.4 is 0 Å². The highest BCUT2D eigenvalue weighted by Gasteiger charge is 2.32. The average molecular weight is 140 g/mol. The van der Waals surface area contributed by atoms with Crippen molar-refractivity contribution in [3.05, 3.63) is 12.7 Å². The highest BCUT2D eigenvalue weighted by Crippen LogP contribution is 2.36. The van der Waals surface area contributed by atoms with Crippen molar-refractivity contribution in [2.75, 3.05) is 0 Å². The zero-order chi connectivity index (χ0) is 7.56. The van der Waals surface area contributed by atoms with E-state index in [0.29, 0.717) is 11.8 Å². The van der Waals surface area contributed by atoms with E-state index in [1.165, 1.54) is 12.8 Å². The third kappa shape index (κ3) is 1.84. The molecule has 1 aliphatic rings. The van der Waals surface area contributed by atoms with E-state index in [1.54, 1.807) is 0 Å². The Hall–Kier alpha value is -0.300. The van der Waals surface area contributed by atoms with Gasteiger partial charge in [0.2, 0.25) is 0 Å². The van der Waals surface area contributed by atoms with Gasteiger partial charge in [0, 0.05) is 0 Å². The third-order valence-electron chi connectivity index (χ3n) is 2.23. The molecule has 0 saturated heterocycles. The molecule has 1 fully saturated rings. The van der Waals surface area contributed by atoms with Gasteiger partial charge in [-0.3, -0.25) is 0 Å². The van der Waals surface area contributed by atoms with Crippen LogP contribution in [0.15, 0.2) is 12.7 Å². The summed E-state index contributed by atoms with van der Waals surface area (Å²) < 4.78 is 0. The van der Waals surface area contributed by atoms with E-state index in [9.17, 15) is 5.11 Å². The molecule has 1 nitrogen and oxygen atoms in total. The van der Waals surface area contributed by atoms with Gasteiger partial charge in [0.15, 0.2) is 0 Å². The Morgan fingerprint density at radius 2 is 2.30 bits per heavy atom. The molecule has 1 aliphatic carbocycles. The van der Waals surface area contributed by atoms with Crippen molar-refractivity contribution in [3.8, 4) is 0 Å². The van der Waals surface area contributed by atoms with E-state index >= 15 is 0 Å². The molecule has 0 radical (unpaired) electrons. The second-order valence-corrected chi connectivity index (χ2v) is 3.33. The number of allylic oxidation sites excluding steroid dienone is 1. The molecule has 0 aliphatic heterocycles. The summed E-state index contributed by atoms with van der Waals surface area (Å²) in [5.74, 6) is 1.01. The van der Waals surface area contributed by atoms with Gasteiger partial charge in [0.05, 0.1) is 6.10 Å². The average Bonchev–Trinajstić information content (AvgIpc) is 2.68. The minimum atomic E-state index is -0.0713. The van der Waals surface area contributed by atoms with Crippen LogP contribution in [0.1, 0.15) is 26.2 Å². The van der Waals surface area contributed by atoms with Gasteiger partial charge in [-0.1, -0.05) is 13.0 Å². The Morgan fingerprint density at radius 3 is 2.70 bits per heavy atom. The number of aliphatic hydroxyl groups is 1. The van der Waals surface area contributed by atoms with Gasteiger partial charge in [0.25, 0.3) is 0 Å². The maximum Gasteiger partial charge on any atom is 0.0596 e. The lowest BCUT2D eigenvalue weighted by atomic mass is 9.97. The maximum atomic E-state index is 9.54. The molecule has 1 heteroatoms. The smallest absolute Gasteiger partial charge is 0.0596 e. The van der Waals surface area contributed by atoms with Crippen LogP contribution >= 0.6 is 0 Å². The zero-order valence-electron chi connectivity index (χ0n) is 6.59. The molecule has 58 valence electrons. The molecule has 0 aromatic rings. The molecule has 1 rings (SSSR count). The topological polar surface area (TPSA) is 20.2 Å². The van der Waals surface area contributed by atoms with Crippen molar-refractivity contribution in [1.82, 2.24) is 0 Å². The maximum absolute atomic E-state index is 9.54. The second-order valence-electron chi connectivity index (χ2n) is 3.33. The highest BCUT2D eigenvalue weighted by atomic mass is 16.3. The monoisotopic (exact) mass is 140 g/mol. The lowest BCUT2D eigenvalue weighted by Gasteiger charge is -2.15. The first-order valence-electron chi connectivity index (χ1n) is 4.04. The lowest BCUT2D eigenvalue weighted by Crippen LogP contribution is -2.18. The van der Waals surface area contributed by atoms with Gasteiger partial charge in [-0.05, 0) is 31.1 Å². The minimum absolute atomic E-state index is 0.0713. The Bertz CT molecular complexity index is 116. The first kappa shape index (κ1) is 7.80. The standard InChI is InChI=1S/C9H16O/c1-3-4-7(2)9(10)8-5-6-8/h3,7-10H,1,4-6H2,2H3/t7-,9-/m1/s1. The van der Waals surface area contributed by atoms with E-state index in [2.05, 4.69) is 13.5 Å². The largest absolute Gasteiger partial charge is 0.393 e. The predicted molar refractivity (Wildman–Crippen MR) is 42.7 cm³/mol. The minimum Gasteiger partial charge on any atom is -0.393 e. The molecule has 0 aromatic carbocycles. The molecule has 0 amide bonds. The van der Waals surface area contributed by atoms with Crippen LogP contribution in [-0.4, -0.2) is 11.2 Å². The van der Waals surface area contributed by atoms with Crippen LogP contribution in [0.4, 0.5) is 0 Å². The number of hydrogen-bond donors (Lipinski definition) is 1. The van der Waals surface area contributed by atoms with Crippen molar-refractivity contribution in [2.24, 2.45) is 11.8 Å². The second kappa shape index (κ2) is 3.20. The number of hydrogen-bond acceptors (Lipinski definition) is 1. The van der Waals surface area contributed by atoms with Gasteiger partial charge >= 0.3 is 0 Å². The first-order chi connectivity index (χ1) is 4.75. The van der Waals surface area contributed by atoms with Crippen molar-refractivity contribution in [2.45, 2.75) is 32.3 Å². The summed E-state index contributed by atoms with van der Waals surface area (Å²) in [6, 6.07) is 0. The third-order valence-corrected chi connectivity index (χ3v) is 2.23. The molecule has 0 heterocycles. The van der Waals surface area contributed by atoms with E-state index in [4.69, 9.17) is 0 Å². The summed E-state index contributed by atoms with van der Waals surface area (Å²) in [6.45, 7) is 5.74. The predicted octanol–water partition coefficient (Wildman–Crippen LogP) is 1.97. The summed E-state index contributed by atoms with van der Waals surface area (Å²) in [4.78, 5) is 0. The molecule has 1 saturated carbocycles. The molecule has 2 atom stereocenters. The highest BCUT2D eigenvalue weighted by molar-refractivity contribution is 4.86. The lowest BCUT2D eigenvalue weighted by molar-refractivity contribution is 0.0962. The fraction of sp³-hybridized carbons (Fsp3) is 0.778. The summed E-state index contributed by atoms with van der Waals surface area (Å²) in [5.41, 5.74) is 0. The SMILES string of the molecule is C=CC[C@@H](C)[C@@H](O)C1CC1. The molecular formula is C9H16O.